The number of nitrogens with one attached hydrogen (secondary N) is 1. The van der Waals surface area contributed by atoms with Crippen molar-refractivity contribution in [1.29, 1.82) is 5.26 Å². The first kappa shape index (κ1) is 18.9. The molecule has 1 amide bonds. The number of ether oxygens (including phenoxy) is 1. The smallest absolute Gasteiger partial charge is 0.262 e. The zero-order chi connectivity index (χ0) is 17.1. The topological polar surface area (TPSA) is 62.1 Å². The summed E-state index contributed by atoms with van der Waals surface area (Å²) >= 11 is 17.8. The summed E-state index contributed by atoms with van der Waals surface area (Å²) in [7, 11) is 0. The molecular formula is C15H17Cl3N2O2. The van der Waals surface area contributed by atoms with E-state index in [-0.39, 0.29) is 21.7 Å². The van der Waals surface area contributed by atoms with Gasteiger partial charge in [0, 0.05) is 0 Å². The third kappa shape index (κ3) is 4.19. The van der Waals surface area contributed by atoms with Gasteiger partial charge in [-0.15, -0.1) is 0 Å². The summed E-state index contributed by atoms with van der Waals surface area (Å²) in [6.07, 6.45) is -0.846. The minimum atomic E-state index is -0.976. The SMILES string of the molecule is CC(Oc1ccc(Cl)c(Cl)c1Cl)C(=O)NC(C)(C#N)C(C)C. The van der Waals surface area contributed by atoms with Crippen LogP contribution in [0.3, 0.4) is 0 Å². The molecule has 0 aliphatic rings. The van der Waals surface area contributed by atoms with Gasteiger partial charge in [-0.1, -0.05) is 48.7 Å². The van der Waals surface area contributed by atoms with Gasteiger partial charge >= 0.3 is 0 Å². The molecule has 2 unspecified atom stereocenters. The van der Waals surface area contributed by atoms with Gasteiger partial charge in [0.25, 0.3) is 5.91 Å². The Morgan fingerprint density at radius 1 is 1.27 bits per heavy atom. The van der Waals surface area contributed by atoms with Crippen molar-refractivity contribution in [3.05, 3.63) is 27.2 Å². The minimum absolute atomic E-state index is 0.0535. The first-order valence-electron chi connectivity index (χ1n) is 6.65. The van der Waals surface area contributed by atoms with Crippen LogP contribution in [0.25, 0.3) is 0 Å². The summed E-state index contributed by atoms with van der Waals surface area (Å²) in [4.78, 5) is 12.2. The number of carbonyl (C=O) groups excluding carboxylic acids is 1. The fourth-order valence-corrected chi connectivity index (χ4v) is 2.07. The summed E-state index contributed by atoms with van der Waals surface area (Å²) in [6, 6.07) is 5.17. The average molecular weight is 364 g/mol. The molecule has 1 aromatic rings. The molecule has 0 radical (unpaired) electrons. The van der Waals surface area contributed by atoms with Gasteiger partial charge in [0.1, 0.15) is 16.3 Å². The van der Waals surface area contributed by atoms with E-state index in [1.807, 2.05) is 13.8 Å². The first-order valence-corrected chi connectivity index (χ1v) is 7.79. The molecule has 0 saturated heterocycles. The van der Waals surface area contributed by atoms with Crippen LogP contribution in [0.15, 0.2) is 12.1 Å². The van der Waals surface area contributed by atoms with Gasteiger partial charge < -0.3 is 10.1 Å². The molecule has 1 rings (SSSR count). The van der Waals surface area contributed by atoms with Gasteiger partial charge in [-0.25, -0.2) is 0 Å². The van der Waals surface area contributed by atoms with Gasteiger partial charge in [-0.2, -0.15) is 5.26 Å². The van der Waals surface area contributed by atoms with E-state index in [1.165, 1.54) is 12.1 Å². The second-order valence-electron chi connectivity index (χ2n) is 5.39. The van der Waals surface area contributed by atoms with Gasteiger partial charge in [0.15, 0.2) is 6.10 Å². The van der Waals surface area contributed by atoms with Crippen LogP contribution in [-0.2, 0) is 4.79 Å². The Labute approximate surface area is 145 Å². The monoisotopic (exact) mass is 362 g/mol. The standard InChI is InChI=1S/C15H17Cl3N2O2/c1-8(2)15(4,7-19)20-14(21)9(3)22-11-6-5-10(16)12(17)13(11)18/h5-6,8-9H,1-4H3,(H,20,21). The van der Waals surface area contributed by atoms with E-state index in [9.17, 15) is 10.1 Å². The van der Waals surface area contributed by atoms with Crippen LogP contribution in [-0.4, -0.2) is 17.6 Å². The van der Waals surface area contributed by atoms with E-state index in [4.69, 9.17) is 39.5 Å². The van der Waals surface area contributed by atoms with E-state index in [2.05, 4.69) is 11.4 Å². The molecule has 0 aliphatic heterocycles. The van der Waals surface area contributed by atoms with Crippen LogP contribution in [0, 0.1) is 17.2 Å². The normalized spacial score (nSPS) is 14.9. The number of carbonyl (C=O) groups is 1. The molecule has 1 N–H and O–H groups in total. The Bertz CT molecular complexity index is 614. The predicted octanol–water partition coefficient (Wildman–Crippen LogP) is 4.47. The third-order valence-electron chi connectivity index (χ3n) is 3.44. The maximum Gasteiger partial charge on any atom is 0.262 e. The lowest BCUT2D eigenvalue weighted by Gasteiger charge is -2.29. The number of rotatable bonds is 5. The van der Waals surface area contributed by atoms with Gasteiger partial charge in [0.05, 0.1) is 16.1 Å². The second kappa shape index (κ2) is 7.41. The van der Waals surface area contributed by atoms with Crippen LogP contribution in [0.1, 0.15) is 27.7 Å². The largest absolute Gasteiger partial charge is 0.479 e. The molecule has 0 spiro atoms. The molecule has 0 fully saturated rings. The van der Waals surface area contributed by atoms with Crippen molar-refractivity contribution in [2.45, 2.75) is 39.3 Å². The fraction of sp³-hybridized carbons (Fsp3) is 0.467. The van der Waals surface area contributed by atoms with Crippen molar-refractivity contribution >= 4 is 40.7 Å². The summed E-state index contributed by atoms with van der Waals surface area (Å²) in [5.74, 6) is -0.218. The number of benzene rings is 1. The lowest BCUT2D eigenvalue weighted by atomic mass is 9.90. The molecule has 0 heterocycles. The molecule has 7 heteroatoms. The van der Waals surface area contributed by atoms with Crippen LogP contribution in [0.2, 0.25) is 15.1 Å². The van der Waals surface area contributed by atoms with E-state index >= 15 is 0 Å². The zero-order valence-electron chi connectivity index (χ0n) is 12.7. The molecule has 0 aliphatic carbocycles. The van der Waals surface area contributed by atoms with E-state index in [0.29, 0.717) is 5.02 Å². The van der Waals surface area contributed by atoms with Crippen LogP contribution >= 0.6 is 34.8 Å². The molecule has 0 saturated carbocycles. The highest BCUT2D eigenvalue weighted by Crippen LogP contribution is 2.37. The van der Waals surface area contributed by atoms with Crippen LogP contribution < -0.4 is 10.1 Å². The molecule has 1 aromatic carbocycles. The molecule has 0 bridgehead atoms. The Morgan fingerprint density at radius 2 is 1.86 bits per heavy atom. The van der Waals surface area contributed by atoms with Crippen molar-refractivity contribution < 1.29 is 9.53 Å². The zero-order valence-corrected chi connectivity index (χ0v) is 15.0. The number of hydrogen-bond donors (Lipinski definition) is 1. The number of nitrogens with zero attached hydrogens (tertiary/aromatic N) is 1. The van der Waals surface area contributed by atoms with E-state index < -0.39 is 17.6 Å². The van der Waals surface area contributed by atoms with Crippen molar-refractivity contribution in [1.82, 2.24) is 5.32 Å². The Morgan fingerprint density at radius 3 is 2.36 bits per heavy atom. The van der Waals surface area contributed by atoms with E-state index in [1.54, 1.807) is 13.8 Å². The summed E-state index contributed by atoms with van der Waals surface area (Å²) in [6.45, 7) is 6.93. The predicted molar refractivity (Wildman–Crippen MR) is 88.6 cm³/mol. The maximum atomic E-state index is 12.2. The van der Waals surface area contributed by atoms with Gasteiger partial charge in [0.2, 0.25) is 0 Å². The third-order valence-corrected chi connectivity index (χ3v) is 4.72. The molecule has 4 nitrogen and oxygen atoms in total. The van der Waals surface area contributed by atoms with Gasteiger partial charge in [-0.3, -0.25) is 4.79 Å². The number of hydrogen-bond acceptors (Lipinski definition) is 3. The summed E-state index contributed by atoms with van der Waals surface area (Å²) in [5, 5.41) is 12.5. The lowest BCUT2D eigenvalue weighted by molar-refractivity contribution is -0.128. The highest BCUT2D eigenvalue weighted by molar-refractivity contribution is 6.48. The fourth-order valence-electron chi connectivity index (χ4n) is 1.50. The van der Waals surface area contributed by atoms with Gasteiger partial charge in [-0.05, 0) is 31.9 Å². The van der Waals surface area contributed by atoms with Crippen molar-refractivity contribution in [2.75, 3.05) is 0 Å². The maximum absolute atomic E-state index is 12.2. The molecule has 120 valence electrons. The molecule has 22 heavy (non-hydrogen) atoms. The van der Waals surface area contributed by atoms with E-state index in [0.717, 1.165) is 0 Å². The lowest BCUT2D eigenvalue weighted by Crippen LogP contribution is -2.52. The first-order chi connectivity index (χ1) is 10.1. The average Bonchev–Trinajstić information content (AvgIpc) is 2.47. The number of nitriles is 1. The summed E-state index contributed by atoms with van der Waals surface area (Å²) in [5.41, 5.74) is -0.976. The summed E-state index contributed by atoms with van der Waals surface area (Å²) < 4.78 is 5.52. The Hall–Kier alpha value is -1.15. The Kier molecular flexibility index (Phi) is 6.37. The van der Waals surface area contributed by atoms with Crippen LogP contribution in [0.5, 0.6) is 5.75 Å². The highest BCUT2D eigenvalue weighted by Gasteiger charge is 2.32. The number of halogens is 3. The Balaban J connectivity index is 2.86. The number of amides is 1. The quantitative estimate of drug-likeness (QED) is 0.785. The van der Waals surface area contributed by atoms with Crippen molar-refractivity contribution in [2.24, 2.45) is 5.92 Å². The van der Waals surface area contributed by atoms with Crippen molar-refractivity contribution in [3.63, 3.8) is 0 Å². The highest BCUT2D eigenvalue weighted by atomic mass is 35.5. The molecule has 2 atom stereocenters. The molecule has 0 aromatic heterocycles. The molecular weight excluding hydrogens is 347 g/mol. The van der Waals surface area contributed by atoms with Crippen LogP contribution in [0.4, 0.5) is 0 Å². The second-order valence-corrected chi connectivity index (χ2v) is 6.55. The van der Waals surface area contributed by atoms with Crippen molar-refractivity contribution in [3.8, 4) is 11.8 Å². The minimum Gasteiger partial charge on any atom is -0.479 e.